The van der Waals surface area contributed by atoms with E-state index in [4.69, 9.17) is 16.6 Å². The van der Waals surface area contributed by atoms with Crippen molar-refractivity contribution in [2.45, 2.75) is 18.9 Å². The highest BCUT2D eigenvalue weighted by Crippen LogP contribution is 2.37. The molecule has 1 atom stereocenters. The predicted octanol–water partition coefficient (Wildman–Crippen LogP) is 3.96. The fraction of sp³-hybridized carbons (Fsp3) is 0.259. The number of carbonyl (C=O) groups is 3. The molecule has 7 nitrogen and oxygen atoms in total. The number of urea groups is 1. The first kappa shape index (κ1) is 21.9. The van der Waals surface area contributed by atoms with Crippen LogP contribution < -0.4 is 0 Å². The number of nitrogens with zero attached hydrogens (tertiary/aromatic N) is 4. The van der Waals surface area contributed by atoms with Gasteiger partial charge in [-0.1, -0.05) is 35.9 Å². The van der Waals surface area contributed by atoms with Crippen molar-refractivity contribution < 1.29 is 14.4 Å². The lowest BCUT2D eigenvalue weighted by molar-refractivity contribution is 0.0617. The highest BCUT2D eigenvalue weighted by Gasteiger charge is 2.42. The molecule has 0 radical (unpaired) electrons. The van der Waals surface area contributed by atoms with Crippen molar-refractivity contribution >= 4 is 29.4 Å². The van der Waals surface area contributed by atoms with E-state index >= 15 is 0 Å². The van der Waals surface area contributed by atoms with E-state index in [1.165, 1.54) is 16.7 Å². The van der Waals surface area contributed by atoms with Gasteiger partial charge < -0.3 is 4.90 Å². The minimum absolute atomic E-state index is 0.0440. The molecule has 0 spiro atoms. The summed E-state index contributed by atoms with van der Waals surface area (Å²) >= 11 is 6.31. The van der Waals surface area contributed by atoms with Crippen molar-refractivity contribution in [1.82, 2.24) is 19.7 Å². The van der Waals surface area contributed by atoms with Gasteiger partial charge in [0, 0.05) is 37.4 Å². The van der Waals surface area contributed by atoms with Crippen LogP contribution >= 0.6 is 11.6 Å². The lowest BCUT2D eigenvalue weighted by atomic mass is 9.96. The summed E-state index contributed by atoms with van der Waals surface area (Å²) in [5.41, 5.74) is 5.21. The number of hydrogen-bond acceptors (Lipinski definition) is 5. The van der Waals surface area contributed by atoms with Crippen LogP contribution in [0.2, 0.25) is 5.02 Å². The Hall–Kier alpha value is -3.55. The number of halogens is 1. The lowest BCUT2D eigenvalue weighted by Gasteiger charge is -2.40. The molecule has 1 saturated heterocycles. The second kappa shape index (κ2) is 8.59. The van der Waals surface area contributed by atoms with Gasteiger partial charge in [0.2, 0.25) is 0 Å². The molecule has 0 bridgehead atoms. The molecule has 8 heteroatoms. The molecule has 0 N–H and O–H groups in total. The van der Waals surface area contributed by atoms with Crippen LogP contribution in [0.3, 0.4) is 0 Å². The summed E-state index contributed by atoms with van der Waals surface area (Å²) in [6, 6.07) is 16.1. The number of aryl methyl sites for hydroxylation is 2. The molecule has 35 heavy (non-hydrogen) atoms. The van der Waals surface area contributed by atoms with Crippen LogP contribution in [0, 0.1) is 0 Å². The van der Waals surface area contributed by atoms with Gasteiger partial charge in [-0.3, -0.25) is 19.5 Å². The summed E-state index contributed by atoms with van der Waals surface area (Å²) in [6.45, 7) is 2.01. The van der Waals surface area contributed by atoms with E-state index < -0.39 is 17.8 Å². The maximum absolute atomic E-state index is 13.2. The van der Waals surface area contributed by atoms with Crippen LogP contribution in [-0.4, -0.2) is 63.7 Å². The molecule has 1 aliphatic carbocycles. The molecule has 0 saturated carbocycles. The minimum Gasteiger partial charge on any atom is -0.321 e. The molecule has 1 fully saturated rings. The van der Waals surface area contributed by atoms with E-state index in [1.807, 2.05) is 24.4 Å². The molecular formula is C27H23ClN4O3. The molecule has 3 aliphatic rings. The van der Waals surface area contributed by atoms with Crippen molar-refractivity contribution in [3.63, 3.8) is 0 Å². The first-order valence-corrected chi connectivity index (χ1v) is 12.1. The smallest absolute Gasteiger partial charge is 0.321 e. The highest BCUT2D eigenvalue weighted by molar-refractivity contribution is 6.30. The highest BCUT2D eigenvalue weighted by atomic mass is 35.5. The normalized spacial score (nSPS) is 19.7. The summed E-state index contributed by atoms with van der Waals surface area (Å²) in [5, 5.41) is 0.720. The molecule has 1 unspecified atom stereocenters. The van der Waals surface area contributed by atoms with Gasteiger partial charge in [0.05, 0.1) is 22.9 Å². The molecular weight excluding hydrogens is 464 g/mol. The third-order valence-corrected chi connectivity index (χ3v) is 7.42. The van der Waals surface area contributed by atoms with Gasteiger partial charge in [-0.25, -0.2) is 4.79 Å². The van der Waals surface area contributed by atoms with Crippen LogP contribution in [0.1, 0.15) is 49.1 Å². The zero-order chi connectivity index (χ0) is 24.1. The molecule has 4 amide bonds. The fourth-order valence-electron chi connectivity index (χ4n) is 5.43. The average Bonchev–Trinajstić information content (AvgIpc) is 3.03. The number of fused-ring (bicyclic) bond motifs is 3. The molecule has 3 aromatic rings. The molecule has 176 valence electrons. The molecule has 2 aromatic carbocycles. The molecule has 6 rings (SSSR count). The molecule has 2 aliphatic heterocycles. The summed E-state index contributed by atoms with van der Waals surface area (Å²) in [5.74, 6) is -1.10. The Morgan fingerprint density at radius 3 is 2.26 bits per heavy atom. The Morgan fingerprint density at radius 2 is 1.54 bits per heavy atom. The van der Waals surface area contributed by atoms with Crippen molar-refractivity contribution in [1.29, 1.82) is 0 Å². The van der Waals surface area contributed by atoms with E-state index in [0.717, 1.165) is 28.5 Å². The summed E-state index contributed by atoms with van der Waals surface area (Å²) in [6.07, 6.45) is 3.61. The Kier molecular flexibility index (Phi) is 5.39. The zero-order valence-electron chi connectivity index (χ0n) is 19.0. The second-order valence-corrected chi connectivity index (χ2v) is 9.53. The van der Waals surface area contributed by atoms with E-state index in [-0.39, 0.29) is 17.2 Å². The minimum atomic E-state index is -0.553. The fourth-order valence-corrected chi connectivity index (χ4v) is 5.62. The maximum atomic E-state index is 13.2. The largest absolute Gasteiger partial charge is 0.334 e. The Labute approximate surface area is 207 Å². The van der Waals surface area contributed by atoms with Crippen molar-refractivity contribution in [2.75, 3.05) is 26.2 Å². The number of carbonyl (C=O) groups excluding carboxylic acids is 3. The topological polar surface area (TPSA) is 73.8 Å². The lowest BCUT2D eigenvalue weighted by Crippen LogP contribution is -2.54. The van der Waals surface area contributed by atoms with E-state index in [1.54, 1.807) is 29.2 Å². The second-order valence-electron chi connectivity index (χ2n) is 9.09. The number of aromatic nitrogens is 1. The van der Waals surface area contributed by atoms with Crippen LogP contribution in [0.5, 0.6) is 0 Å². The Balaban J connectivity index is 1.25. The maximum Gasteiger partial charge on any atom is 0.334 e. The van der Waals surface area contributed by atoms with Crippen molar-refractivity contribution in [2.24, 2.45) is 0 Å². The van der Waals surface area contributed by atoms with E-state index in [9.17, 15) is 14.4 Å². The van der Waals surface area contributed by atoms with Crippen molar-refractivity contribution in [3.05, 3.63) is 99.3 Å². The monoisotopic (exact) mass is 486 g/mol. The van der Waals surface area contributed by atoms with Gasteiger partial charge in [0.1, 0.15) is 0 Å². The number of hydrogen-bond donors (Lipinski definition) is 0. The number of imide groups is 3. The SMILES string of the molecule is O=C1c2ccccc2C(=O)N1C(=O)N1CCN(C2c3ccc(Cl)cc3CCc3cccnc32)CC1. The Morgan fingerprint density at radius 1 is 0.857 bits per heavy atom. The van der Waals surface area contributed by atoms with Crippen LogP contribution in [-0.2, 0) is 12.8 Å². The van der Waals surface area contributed by atoms with Gasteiger partial charge in [-0.15, -0.1) is 0 Å². The first-order chi connectivity index (χ1) is 17.0. The van der Waals surface area contributed by atoms with Crippen LogP contribution in [0.4, 0.5) is 4.79 Å². The van der Waals surface area contributed by atoms with Crippen molar-refractivity contribution in [3.8, 4) is 0 Å². The average molecular weight is 487 g/mol. The van der Waals surface area contributed by atoms with Gasteiger partial charge in [-0.2, -0.15) is 4.90 Å². The molecule has 3 heterocycles. The predicted molar refractivity (Wildman–Crippen MR) is 130 cm³/mol. The first-order valence-electron chi connectivity index (χ1n) is 11.8. The summed E-state index contributed by atoms with van der Waals surface area (Å²) < 4.78 is 0. The zero-order valence-corrected chi connectivity index (χ0v) is 19.7. The van der Waals surface area contributed by atoms with Crippen LogP contribution in [0.25, 0.3) is 0 Å². The standard InChI is InChI=1S/C27H23ClN4O3/c28-19-9-10-20-18(16-19)8-7-17-4-3-11-29-23(17)24(20)30-12-14-31(15-13-30)27(35)32-25(33)21-5-1-2-6-22(21)26(32)34/h1-6,9-11,16,24H,7-8,12-15H2. The number of piperazine rings is 1. The van der Waals surface area contributed by atoms with Gasteiger partial charge in [0.25, 0.3) is 11.8 Å². The molecule has 1 aromatic heterocycles. The van der Waals surface area contributed by atoms with Gasteiger partial charge >= 0.3 is 6.03 Å². The van der Waals surface area contributed by atoms with Gasteiger partial charge in [-0.05, 0) is 59.9 Å². The third kappa shape index (κ3) is 3.63. The number of amides is 4. The van der Waals surface area contributed by atoms with E-state index in [2.05, 4.69) is 17.0 Å². The van der Waals surface area contributed by atoms with Gasteiger partial charge in [0.15, 0.2) is 0 Å². The number of benzene rings is 2. The Bertz CT molecular complexity index is 1330. The quantitative estimate of drug-likeness (QED) is 0.487. The third-order valence-electron chi connectivity index (χ3n) is 7.18. The van der Waals surface area contributed by atoms with Crippen LogP contribution in [0.15, 0.2) is 60.8 Å². The number of rotatable bonds is 1. The van der Waals surface area contributed by atoms with E-state index in [0.29, 0.717) is 26.2 Å². The summed E-state index contributed by atoms with van der Waals surface area (Å²) in [4.78, 5) is 48.2. The number of pyridine rings is 1. The summed E-state index contributed by atoms with van der Waals surface area (Å²) in [7, 11) is 0.